The van der Waals surface area contributed by atoms with Crippen LogP contribution in [0.3, 0.4) is 0 Å². The molecular formula is C63H90N8O19. The van der Waals surface area contributed by atoms with Crippen molar-refractivity contribution in [1.29, 1.82) is 0 Å². The molecule has 9 amide bonds. The van der Waals surface area contributed by atoms with Gasteiger partial charge in [-0.2, -0.15) is 0 Å². The highest BCUT2D eigenvalue weighted by molar-refractivity contribution is 6.12. The number of rotatable bonds is 27. The number of unbranched alkanes of at least 4 members (excludes halogenated alkanes) is 2. The fraction of sp³-hybridized carbons (Fsp3) is 0.603. The number of anilines is 1. The first-order valence-corrected chi connectivity index (χ1v) is 30.5. The molecular weight excluding hydrogens is 1170 g/mol. The number of allylic oxidation sites excluding steroid dienone is 2. The van der Waals surface area contributed by atoms with Gasteiger partial charge in [0.1, 0.15) is 36.4 Å². The summed E-state index contributed by atoms with van der Waals surface area (Å²) in [6.45, 7) is 14.8. The molecule has 27 nitrogen and oxygen atoms in total. The lowest BCUT2D eigenvalue weighted by Gasteiger charge is -2.38. The standard InChI is InChI=1S/C63H90N8O19/c1-10-47(74)39(4)56-48(87-56)35-62(8,85)26-14-15-37(2)55-38(3)17-22-49(63(9,90-42(7)72)27-25-45(73)33-54(79)89-55)88-61(84)70-31-29-69(30-32-70)60(83)86-36-43-18-20-44(21-19-43)67-59(82)46(34-50(64)75)68-58(81)41(6)66-57(80)40(5)65-51(76)16-12-11-13-28-71-52(77)23-24-53(71)78/h14-15,17-24,26,38-41,45-49,55-56,73-74,85H,10-13,16,25,27-36H2,1-9H3,(H2,64,75)(H,65,76)(H,66,80)(H,67,82)(H,68,81)/b22-17+,26-14+,37-15+/t38-,39+,40-,41-,45+,46-,47-,48+,49-,55+,56+,62-,63+/m0/s1. The number of piperazine rings is 1. The fourth-order valence-corrected chi connectivity index (χ4v) is 10.5. The first-order chi connectivity index (χ1) is 42.4. The molecule has 13 atom stereocenters. The maximum atomic E-state index is 13.9. The molecule has 90 heavy (non-hydrogen) atoms. The molecule has 496 valence electrons. The van der Waals surface area contributed by atoms with Crippen LogP contribution in [0.25, 0.3) is 0 Å². The number of nitrogens with two attached hydrogens (primary N) is 1. The molecule has 0 aromatic heterocycles. The van der Waals surface area contributed by atoms with Crippen LogP contribution in [-0.4, -0.2) is 194 Å². The summed E-state index contributed by atoms with van der Waals surface area (Å²) in [7, 11) is 0. The third-order valence-corrected chi connectivity index (χ3v) is 16.1. The summed E-state index contributed by atoms with van der Waals surface area (Å²) in [4.78, 5) is 144. The third-order valence-electron chi connectivity index (χ3n) is 16.1. The number of carbonyl (C=O) groups is 11. The summed E-state index contributed by atoms with van der Waals surface area (Å²) in [5.74, 6) is -6.42. The summed E-state index contributed by atoms with van der Waals surface area (Å²) in [5, 5.41) is 42.5. The lowest BCUT2D eigenvalue weighted by atomic mass is 9.88. The van der Waals surface area contributed by atoms with Crippen molar-refractivity contribution in [2.24, 2.45) is 17.6 Å². The Morgan fingerprint density at radius 1 is 0.867 bits per heavy atom. The Hall–Kier alpha value is -8.01. The van der Waals surface area contributed by atoms with Gasteiger partial charge in [0.15, 0.2) is 6.10 Å². The van der Waals surface area contributed by atoms with Crippen LogP contribution in [-0.2, 0) is 73.4 Å². The number of ether oxygens (including phenoxy) is 5. The number of carbonyl (C=O) groups excluding carboxylic acids is 11. The molecule has 4 heterocycles. The van der Waals surface area contributed by atoms with Gasteiger partial charge in [-0.25, -0.2) is 9.59 Å². The Balaban J connectivity index is 1.10. The molecule has 4 aliphatic rings. The lowest BCUT2D eigenvalue weighted by Crippen LogP contribution is -2.55. The number of imide groups is 1. The van der Waals surface area contributed by atoms with E-state index >= 15 is 0 Å². The van der Waals surface area contributed by atoms with Gasteiger partial charge in [-0.05, 0) is 96.1 Å². The molecule has 0 saturated carbocycles. The minimum Gasteiger partial charge on any atom is -0.457 e. The van der Waals surface area contributed by atoms with E-state index in [-0.39, 0.29) is 101 Å². The zero-order valence-electron chi connectivity index (χ0n) is 52.8. The molecule has 4 aliphatic heterocycles. The largest absolute Gasteiger partial charge is 0.457 e. The predicted octanol–water partition coefficient (Wildman–Crippen LogP) is 3.03. The molecule has 5 rings (SSSR count). The maximum absolute atomic E-state index is 13.9. The number of benzene rings is 1. The van der Waals surface area contributed by atoms with E-state index in [1.165, 1.54) is 54.9 Å². The first-order valence-electron chi connectivity index (χ1n) is 30.5. The molecule has 1 aromatic carbocycles. The summed E-state index contributed by atoms with van der Waals surface area (Å²) in [5.41, 5.74) is 4.00. The van der Waals surface area contributed by atoms with E-state index in [0.29, 0.717) is 43.2 Å². The highest BCUT2D eigenvalue weighted by atomic mass is 16.6. The third kappa shape index (κ3) is 22.8. The molecule has 2 fully saturated rings. The quantitative estimate of drug-likeness (QED) is 0.0119. The molecule has 27 heteroatoms. The van der Waals surface area contributed by atoms with Crippen molar-refractivity contribution in [3.8, 4) is 0 Å². The van der Waals surface area contributed by atoms with Crippen molar-refractivity contribution in [3.63, 3.8) is 0 Å². The van der Waals surface area contributed by atoms with Crippen molar-refractivity contribution in [3.05, 3.63) is 77.9 Å². The number of hydrogen-bond donors (Lipinski definition) is 8. The summed E-state index contributed by atoms with van der Waals surface area (Å²) in [6.07, 6.45) is 6.42. The van der Waals surface area contributed by atoms with E-state index < -0.39 is 120 Å². The zero-order valence-corrected chi connectivity index (χ0v) is 52.8. The minimum absolute atomic E-state index is 0.0139. The average molecular weight is 1260 g/mol. The van der Waals surface area contributed by atoms with Gasteiger partial charge in [-0.15, -0.1) is 0 Å². The van der Waals surface area contributed by atoms with E-state index in [2.05, 4.69) is 21.3 Å². The number of cyclic esters (lactones) is 1. The van der Waals surface area contributed by atoms with Crippen molar-refractivity contribution in [1.82, 2.24) is 30.7 Å². The van der Waals surface area contributed by atoms with Crippen molar-refractivity contribution in [2.45, 2.75) is 199 Å². The van der Waals surface area contributed by atoms with E-state index in [1.807, 2.05) is 13.8 Å². The molecule has 1 aromatic rings. The average Bonchev–Trinajstić information content (AvgIpc) is 1.61. The van der Waals surface area contributed by atoms with Crippen LogP contribution < -0.4 is 27.0 Å². The van der Waals surface area contributed by atoms with E-state index in [4.69, 9.17) is 29.4 Å². The second kappa shape index (κ2) is 33.7. The summed E-state index contributed by atoms with van der Waals surface area (Å²) in [6, 6.07) is 2.42. The van der Waals surface area contributed by atoms with Gasteiger partial charge in [-0.3, -0.25) is 48.1 Å². The van der Waals surface area contributed by atoms with Crippen molar-refractivity contribution >= 4 is 71.2 Å². The van der Waals surface area contributed by atoms with Gasteiger partial charge < -0.3 is 75.8 Å². The van der Waals surface area contributed by atoms with E-state index in [0.717, 1.165) is 4.90 Å². The minimum atomic E-state index is -1.51. The van der Waals surface area contributed by atoms with E-state index in [1.54, 1.807) is 70.2 Å². The van der Waals surface area contributed by atoms with Gasteiger partial charge in [0, 0.05) is 82.2 Å². The maximum Gasteiger partial charge on any atom is 0.410 e. The predicted molar refractivity (Wildman–Crippen MR) is 324 cm³/mol. The van der Waals surface area contributed by atoms with Crippen molar-refractivity contribution in [2.75, 3.05) is 38.0 Å². The Kier molecular flexibility index (Phi) is 27.2. The number of aliphatic hydroxyl groups excluding tert-OH is 2. The van der Waals surface area contributed by atoms with Gasteiger partial charge in [-0.1, -0.05) is 63.6 Å². The van der Waals surface area contributed by atoms with Gasteiger partial charge in [0.05, 0.1) is 42.9 Å². The van der Waals surface area contributed by atoms with Crippen LogP contribution in [0, 0.1) is 11.8 Å². The topological polar surface area (TPSA) is 382 Å². The highest BCUT2D eigenvalue weighted by Gasteiger charge is 2.47. The molecule has 0 aliphatic carbocycles. The second-order valence-corrected chi connectivity index (χ2v) is 24.0. The van der Waals surface area contributed by atoms with Crippen LogP contribution >= 0.6 is 0 Å². The number of esters is 2. The number of hydrogen-bond acceptors (Lipinski definition) is 19. The monoisotopic (exact) mass is 1260 g/mol. The van der Waals surface area contributed by atoms with Crippen LogP contribution in [0.15, 0.2) is 72.4 Å². The van der Waals surface area contributed by atoms with Gasteiger partial charge >= 0.3 is 24.1 Å². The number of primary amides is 1. The molecule has 2 saturated heterocycles. The number of epoxide rings is 1. The number of aliphatic hydroxyl groups is 3. The van der Waals surface area contributed by atoms with Crippen LogP contribution in [0.5, 0.6) is 0 Å². The normalized spacial score (nSPS) is 25.0. The fourth-order valence-electron chi connectivity index (χ4n) is 10.5. The van der Waals surface area contributed by atoms with E-state index in [9.17, 15) is 68.1 Å². The molecule has 0 spiro atoms. The molecule has 0 bridgehead atoms. The molecule has 0 unspecified atom stereocenters. The van der Waals surface area contributed by atoms with Crippen LogP contribution in [0.2, 0.25) is 0 Å². The van der Waals surface area contributed by atoms with Crippen LogP contribution in [0.4, 0.5) is 15.3 Å². The summed E-state index contributed by atoms with van der Waals surface area (Å²) < 4.78 is 29.2. The van der Waals surface area contributed by atoms with Gasteiger partial charge in [0.25, 0.3) is 11.8 Å². The smallest absolute Gasteiger partial charge is 0.410 e. The molecule has 0 radical (unpaired) electrons. The Morgan fingerprint density at radius 3 is 2.11 bits per heavy atom. The lowest BCUT2D eigenvalue weighted by molar-refractivity contribution is -0.168. The number of nitrogens with zero attached hydrogens (tertiary/aromatic N) is 3. The van der Waals surface area contributed by atoms with Crippen LogP contribution in [0.1, 0.15) is 132 Å². The summed E-state index contributed by atoms with van der Waals surface area (Å²) >= 11 is 0. The number of amides is 9. The zero-order chi connectivity index (χ0) is 66.6. The number of nitrogens with one attached hydrogen (secondary N) is 4. The first kappa shape index (κ1) is 72.7. The van der Waals surface area contributed by atoms with Gasteiger partial charge in [0.2, 0.25) is 29.5 Å². The Labute approximate surface area is 524 Å². The SMILES string of the molecule is CC[C@H](O)[C@@H](C)[C@H]1O[C@@H]1C[C@@](C)(O)/C=C/C=C(\C)[C@H]1OC(=O)C[C@H](O)CC[C@@](C)(OC(C)=O)[C@@H](OC(=O)N2CCN(C(=O)OCc3ccc(NC(=O)[C@H](CC(N)=O)NC(=O)[C@H](C)NC(=O)[C@H](C)NC(=O)CCCCCN4C(=O)C=CC4=O)cc3)CC2)/C=C/[C@@H]1C. The molecule has 9 N–H and O–H groups in total. The Bertz CT molecular complexity index is 2850. The van der Waals surface area contributed by atoms with Crippen molar-refractivity contribution < 1.29 is 91.7 Å². The highest BCUT2D eigenvalue weighted by Crippen LogP contribution is 2.38. The second-order valence-electron chi connectivity index (χ2n) is 24.0. The Morgan fingerprint density at radius 2 is 1.49 bits per heavy atom.